The molecule has 1 saturated heterocycles. The first-order valence-corrected chi connectivity index (χ1v) is 7.24. The Bertz CT molecular complexity index is 403. The summed E-state index contributed by atoms with van der Waals surface area (Å²) in [7, 11) is 0. The van der Waals surface area contributed by atoms with Gasteiger partial charge in [-0.15, -0.1) is 0 Å². The lowest BCUT2D eigenvalue weighted by atomic mass is 10.2. The van der Waals surface area contributed by atoms with E-state index in [0.717, 1.165) is 44.3 Å². The van der Waals surface area contributed by atoms with Gasteiger partial charge in [-0.3, -0.25) is 4.90 Å². The molecule has 0 saturated carbocycles. The van der Waals surface area contributed by atoms with E-state index < -0.39 is 0 Å². The summed E-state index contributed by atoms with van der Waals surface area (Å²) in [5.74, 6) is 2.09. The van der Waals surface area contributed by atoms with Crippen LogP contribution < -0.4 is 5.32 Å². The Morgan fingerprint density at radius 2 is 2.21 bits per heavy atom. The molecule has 2 heterocycles. The van der Waals surface area contributed by atoms with E-state index in [0.29, 0.717) is 12.1 Å². The molecule has 2 rings (SSSR count). The molecule has 4 nitrogen and oxygen atoms in total. The molecule has 1 aromatic heterocycles. The number of ether oxygens (including phenoxy) is 1. The van der Waals surface area contributed by atoms with Gasteiger partial charge in [-0.05, 0) is 33.4 Å². The van der Waals surface area contributed by atoms with Crippen molar-refractivity contribution in [2.24, 2.45) is 0 Å². The van der Waals surface area contributed by atoms with E-state index >= 15 is 0 Å². The van der Waals surface area contributed by atoms with Gasteiger partial charge in [0.25, 0.3) is 0 Å². The molecule has 1 fully saturated rings. The number of aryl methyl sites for hydroxylation is 1. The van der Waals surface area contributed by atoms with Crippen molar-refractivity contribution in [3.8, 4) is 0 Å². The maximum absolute atomic E-state index is 5.88. The summed E-state index contributed by atoms with van der Waals surface area (Å²) in [6.45, 7) is 13.0. The van der Waals surface area contributed by atoms with E-state index in [4.69, 9.17) is 9.15 Å². The molecular formula is C15H26N2O2. The minimum atomic E-state index is 0.313. The van der Waals surface area contributed by atoms with E-state index in [2.05, 4.69) is 37.1 Å². The molecule has 2 atom stereocenters. The first kappa shape index (κ1) is 14.6. The monoisotopic (exact) mass is 266 g/mol. The molecule has 2 unspecified atom stereocenters. The highest BCUT2D eigenvalue weighted by Gasteiger charge is 2.24. The number of nitrogens with one attached hydrogen (secondary N) is 1. The Balaban J connectivity index is 1.98. The summed E-state index contributed by atoms with van der Waals surface area (Å²) in [5.41, 5.74) is 1.27. The van der Waals surface area contributed by atoms with Crippen molar-refractivity contribution in [1.82, 2.24) is 10.2 Å². The van der Waals surface area contributed by atoms with Crippen molar-refractivity contribution in [3.63, 3.8) is 0 Å². The van der Waals surface area contributed by atoms with Crippen LogP contribution in [0.2, 0.25) is 0 Å². The maximum atomic E-state index is 5.88. The first-order chi connectivity index (χ1) is 9.10. The lowest BCUT2D eigenvalue weighted by Gasteiger charge is -2.36. The third-order valence-corrected chi connectivity index (χ3v) is 3.73. The van der Waals surface area contributed by atoms with E-state index in [1.807, 2.05) is 6.92 Å². The quantitative estimate of drug-likeness (QED) is 0.887. The fraction of sp³-hybridized carbons (Fsp3) is 0.733. The second kappa shape index (κ2) is 6.55. The lowest BCUT2D eigenvalue weighted by molar-refractivity contribution is -0.0546. The van der Waals surface area contributed by atoms with Crippen LogP contribution in [0.15, 0.2) is 10.5 Å². The Hall–Kier alpha value is -0.840. The van der Waals surface area contributed by atoms with Crippen LogP contribution in [0.5, 0.6) is 0 Å². The third kappa shape index (κ3) is 3.81. The molecule has 0 bridgehead atoms. The molecule has 0 radical (unpaired) electrons. The van der Waals surface area contributed by atoms with Crippen LogP contribution in [-0.2, 0) is 17.8 Å². The van der Waals surface area contributed by atoms with Gasteiger partial charge in [0.2, 0.25) is 0 Å². The van der Waals surface area contributed by atoms with Crippen molar-refractivity contribution in [3.05, 3.63) is 23.2 Å². The van der Waals surface area contributed by atoms with Crippen LogP contribution in [0.1, 0.15) is 37.9 Å². The highest BCUT2D eigenvalue weighted by molar-refractivity contribution is 5.20. The van der Waals surface area contributed by atoms with E-state index in [1.165, 1.54) is 5.56 Å². The van der Waals surface area contributed by atoms with Crippen molar-refractivity contribution in [2.75, 3.05) is 19.7 Å². The van der Waals surface area contributed by atoms with Gasteiger partial charge in [-0.1, -0.05) is 6.92 Å². The van der Waals surface area contributed by atoms with Crippen LogP contribution >= 0.6 is 0 Å². The van der Waals surface area contributed by atoms with E-state index in [-0.39, 0.29) is 0 Å². The van der Waals surface area contributed by atoms with E-state index in [9.17, 15) is 0 Å². The Labute approximate surface area is 116 Å². The molecule has 1 aromatic rings. The SMILES string of the molecule is CCNCc1cc(CN2CC(C)OCC2C)oc1C. The summed E-state index contributed by atoms with van der Waals surface area (Å²) in [4.78, 5) is 2.43. The Morgan fingerprint density at radius 3 is 2.95 bits per heavy atom. The van der Waals surface area contributed by atoms with Crippen molar-refractivity contribution >= 4 is 0 Å². The Kier molecular flexibility index (Phi) is 5.02. The Morgan fingerprint density at radius 1 is 1.42 bits per heavy atom. The summed E-state index contributed by atoms with van der Waals surface area (Å²) >= 11 is 0. The molecule has 0 aromatic carbocycles. The van der Waals surface area contributed by atoms with Gasteiger partial charge < -0.3 is 14.5 Å². The van der Waals surface area contributed by atoms with Crippen LogP contribution in [-0.4, -0.2) is 36.7 Å². The molecule has 1 N–H and O–H groups in total. The largest absolute Gasteiger partial charge is 0.465 e. The molecule has 19 heavy (non-hydrogen) atoms. The van der Waals surface area contributed by atoms with Gasteiger partial charge in [0.05, 0.1) is 19.3 Å². The molecule has 1 aliphatic heterocycles. The first-order valence-electron chi connectivity index (χ1n) is 7.24. The second-order valence-electron chi connectivity index (χ2n) is 5.50. The van der Waals surface area contributed by atoms with Crippen LogP contribution in [0, 0.1) is 6.92 Å². The number of furan rings is 1. The summed E-state index contributed by atoms with van der Waals surface area (Å²) < 4.78 is 11.5. The van der Waals surface area contributed by atoms with Crippen molar-refractivity contribution in [2.45, 2.75) is 52.9 Å². The zero-order chi connectivity index (χ0) is 13.8. The predicted molar refractivity (Wildman–Crippen MR) is 76.1 cm³/mol. The predicted octanol–water partition coefficient (Wildman–Crippen LogP) is 2.31. The van der Waals surface area contributed by atoms with Gasteiger partial charge in [0.1, 0.15) is 11.5 Å². The zero-order valence-electron chi connectivity index (χ0n) is 12.5. The third-order valence-electron chi connectivity index (χ3n) is 3.73. The number of hydrogen-bond donors (Lipinski definition) is 1. The van der Waals surface area contributed by atoms with Gasteiger partial charge in [-0.2, -0.15) is 0 Å². The van der Waals surface area contributed by atoms with Crippen molar-refractivity contribution in [1.29, 1.82) is 0 Å². The average molecular weight is 266 g/mol. The number of rotatable bonds is 5. The highest BCUT2D eigenvalue weighted by atomic mass is 16.5. The van der Waals surface area contributed by atoms with Gasteiger partial charge in [0.15, 0.2) is 0 Å². The fourth-order valence-electron chi connectivity index (χ4n) is 2.49. The topological polar surface area (TPSA) is 37.6 Å². The van der Waals surface area contributed by atoms with Gasteiger partial charge in [0, 0.05) is 24.7 Å². The number of nitrogens with zero attached hydrogens (tertiary/aromatic N) is 1. The smallest absolute Gasteiger partial charge is 0.118 e. The van der Waals surface area contributed by atoms with Crippen LogP contribution in [0.25, 0.3) is 0 Å². The average Bonchev–Trinajstić information content (AvgIpc) is 2.72. The summed E-state index contributed by atoms with van der Waals surface area (Å²) in [6.07, 6.45) is 0.313. The van der Waals surface area contributed by atoms with Gasteiger partial charge >= 0.3 is 0 Å². The highest BCUT2D eigenvalue weighted by Crippen LogP contribution is 2.19. The van der Waals surface area contributed by atoms with Gasteiger partial charge in [-0.25, -0.2) is 0 Å². The minimum absolute atomic E-state index is 0.313. The summed E-state index contributed by atoms with van der Waals surface area (Å²) in [5, 5.41) is 3.34. The normalized spacial score (nSPS) is 24.8. The molecule has 1 aliphatic rings. The lowest BCUT2D eigenvalue weighted by Crippen LogP contribution is -2.46. The minimum Gasteiger partial charge on any atom is -0.465 e. The molecular weight excluding hydrogens is 240 g/mol. The number of hydrogen-bond acceptors (Lipinski definition) is 4. The fourth-order valence-corrected chi connectivity index (χ4v) is 2.49. The zero-order valence-corrected chi connectivity index (χ0v) is 12.5. The summed E-state index contributed by atoms with van der Waals surface area (Å²) in [6, 6.07) is 2.64. The molecule has 108 valence electrons. The van der Waals surface area contributed by atoms with E-state index in [1.54, 1.807) is 0 Å². The molecule has 0 aliphatic carbocycles. The molecule has 0 amide bonds. The standard InChI is InChI=1S/C15H26N2O2/c1-5-16-7-14-6-15(19-13(14)4)9-17-8-12(3)18-10-11(17)2/h6,11-12,16H,5,7-10H2,1-4H3. The molecule has 0 spiro atoms. The molecule has 4 heteroatoms. The second-order valence-corrected chi connectivity index (χ2v) is 5.50. The number of morpholine rings is 1. The van der Waals surface area contributed by atoms with Crippen molar-refractivity contribution < 1.29 is 9.15 Å². The maximum Gasteiger partial charge on any atom is 0.118 e. The van der Waals surface area contributed by atoms with Crippen LogP contribution in [0.3, 0.4) is 0 Å². The van der Waals surface area contributed by atoms with Crippen LogP contribution in [0.4, 0.5) is 0 Å².